The van der Waals surface area contributed by atoms with E-state index in [1.807, 2.05) is 0 Å². The summed E-state index contributed by atoms with van der Waals surface area (Å²) in [7, 11) is 0. The lowest BCUT2D eigenvalue weighted by atomic mass is 10.0. The van der Waals surface area contributed by atoms with Gasteiger partial charge in [0.15, 0.2) is 0 Å². The maximum Gasteiger partial charge on any atom is 0.387 e. The molecule has 0 spiro atoms. The third-order valence-electron chi connectivity index (χ3n) is 3.85. The van der Waals surface area contributed by atoms with Crippen LogP contribution in [0.2, 0.25) is 0 Å². The standard InChI is InChI=1S/C19H19F2NO4/c1-12(13-6-9-15(10-7-13)26-19(20)21)22-17(23)11-8-14-4-2-3-5-16(14)18(24)25/h2-7,9-10,12,19H,8,11H2,1H3,(H,22,23)(H,24,25). The molecular weight excluding hydrogens is 344 g/mol. The second-order valence-corrected chi connectivity index (χ2v) is 5.70. The van der Waals surface area contributed by atoms with Crippen molar-refractivity contribution in [3.63, 3.8) is 0 Å². The minimum Gasteiger partial charge on any atom is -0.478 e. The second kappa shape index (κ2) is 8.94. The van der Waals surface area contributed by atoms with E-state index in [2.05, 4.69) is 10.1 Å². The van der Waals surface area contributed by atoms with Gasteiger partial charge in [0.1, 0.15) is 5.75 Å². The molecular formula is C19H19F2NO4. The fourth-order valence-corrected chi connectivity index (χ4v) is 2.53. The molecule has 0 heterocycles. The summed E-state index contributed by atoms with van der Waals surface area (Å²) in [4.78, 5) is 23.3. The van der Waals surface area contributed by atoms with Gasteiger partial charge < -0.3 is 15.2 Å². The van der Waals surface area contributed by atoms with Crippen LogP contribution in [0.25, 0.3) is 0 Å². The SMILES string of the molecule is CC(NC(=O)CCc1ccccc1C(=O)O)c1ccc(OC(F)F)cc1. The maximum atomic E-state index is 12.1. The van der Waals surface area contributed by atoms with Crippen LogP contribution in [0.1, 0.15) is 40.9 Å². The average Bonchev–Trinajstić information content (AvgIpc) is 2.60. The number of carbonyl (C=O) groups excluding carboxylic acids is 1. The predicted molar refractivity (Wildman–Crippen MR) is 91.4 cm³/mol. The lowest BCUT2D eigenvalue weighted by Crippen LogP contribution is -2.27. The second-order valence-electron chi connectivity index (χ2n) is 5.70. The highest BCUT2D eigenvalue weighted by Gasteiger charge is 2.13. The maximum absolute atomic E-state index is 12.1. The van der Waals surface area contributed by atoms with E-state index in [0.29, 0.717) is 12.0 Å². The Bertz CT molecular complexity index is 762. The van der Waals surface area contributed by atoms with E-state index in [0.717, 1.165) is 5.56 Å². The number of carbonyl (C=O) groups is 2. The highest BCUT2D eigenvalue weighted by atomic mass is 19.3. The molecule has 0 aliphatic rings. The Morgan fingerprint density at radius 3 is 2.38 bits per heavy atom. The van der Waals surface area contributed by atoms with Gasteiger partial charge in [-0.25, -0.2) is 4.79 Å². The van der Waals surface area contributed by atoms with Gasteiger partial charge >= 0.3 is 12.6 Å². The number of benzene rings is 2. The number of aromatic carboxylic acids is 1. The molecule has 7 heteroatoms. The van der Waals surface area contributed by atoms with Gasteiger partial charge in [0, 0.05) is 6.42 Å². The van der Waals surface area contributed by atoms with Gasteiger partial charge in [-0.3, -0.25) is 4.79 Å². The van der Waals surface area contributed by atoms with Crippen LogP contribution in [0.3, 0.4) is 0 Å². The summed E-state index contributed by atoms with van der Waals surface area (Å²) < 4.78 is 28.6. The van der Waals surface area contributed by atoms with Crippen molar-refractivity contribution < 1.29 is 28.2 Å². The van der Waals surface area contributed by atoms with Crippen molar-refractivity contribution in [2.24, 2.45) is 0 Å². The number of carboxylic acids is 1. The van der Waals surface area contributed by atoms with Crippen LogP contribution in [0.4, 0.5) is 8.78 Å². The van der Waals surface area contributed by atoms with E-state index < -0.39 is 12.6 Å². The third kappa shape index (κ3) is 5.54. The first kappa shape index (κ1) is 19.4. The summed E-state index contributed by atoms with van der Waals surface area (Å²) in [6.45, 7) is -1.11. The summed E-state index contributed by atoms with van der Waals surface area (Å²) in [5.41, 5.74) is 1.52. The fourth-order valence-electron chi connectivity index (χ4n) is 2.53. The van der Waals surface area contributed by atoms with E-state index in [1.54, 1.807) is 37.3 Å². The molecule has 1 atom stereocenters. The molecule has 26 heavy (non-hydrogen) atoms. The van der Waals surface area contributed by atoms with E-state index >= 15 is 0 Å². The van der Waals surface area contributed by atoms with Gasteiger partial charge in [0.25, 0.3) is 0 Å². The van der Waals surface area contributed by atoms with Gasteiger partial charge in [-0.2, -0.15) is 8.78 Å². The molecule has 0 bridgehead atoms. The molecule has 0 aliphatic carbocycles. The van der Waals surface area contributed by atoms with Crippen LogP contribution in [0.15, 0.2) is 48.5 Å². The van der Waals surface area contributed by atoms with Crippen LogP contribution >= 0.6 is 0 Å². The number of carboxylic acid groups (broad SMARTS) is 1. The molecule has 1 unspecified atom stereocenters. The van der Waals surface area contributed by atoms with Crippen molar-refractivity contribution >= 4 is 11.9 Å². The number of nitrogens with one attached hydrogen (secondary N) is 1. The molecule has 0 saturated heterocycles. The molecule has 138 valence electrons. The lowest BCUT2D eigenvalue weighted by molar-refractivity contribution is -0.121. The van der Waals surface area contributed by atoms with Crippen molar-refractivity contribution in [1.82, 2.24) is 5.32 Å². The molecule has 0 saturated carbocycles. The molecule has 1 amide bonds. The Hall–Kier alpha value is -2.96. The molecule has 2 aromatic carbocycles. The Labute approximate surface area is 149 Å². The van der Waals surface area contributed by atoms with Crippen LogP contribution < -0.4 is 10.1 Å². The number of ether oxygens (including phenoxy) is 1. The fraction of sp³-hybridized carbons (Fsp3) is 0.263. The van der Waals surface area contributed by atoms with Crippen molar-refractivity contribution in [2.75, 3.05) is 0 Å². The number of rotatable bonds is 8. The van der Waals surface area contributed by atoms with E-state index in [1.165, 1.54) is 18.2 Å². The molecule has 2 N–H and O–H groups in total. The zero-order chi connectivity index (χ0) is 19.1. The monoisotopic (exact) mass is 363 g/mol. The molecule has 2 rings (SSSR count). The Balaban J connectivity index is 1.90. The number of hydrogen-bond acceptors (Lipinski definition) is 3. The van der Waals surface area contributed by atoms with Gasteiger partial charge in [-0.05, 0) is 42.7 Å². The number of alkyl halides is 2. The quantitative estimate of drug-likeness (QED) is 0.748. The number of aryl methyl sites for hydroxylation is 1. The molecule has 2 aromatic rings. The third-order valence-corrected chi connectivity index (χ3v) is 3.85. The first-order valence-corrected chi connectivity index (χ1v) is 8.02. The normalized spacial score (nSPS) is 11.8. The van der Waals surface area contributed by atoms with Crippen LogP contribution in [-0.2, 0) is 11.2 Å². The lowest BCUT2D eigenvalue weighted by Gasteiger charge is -2.15. The van der Waals surface area contributed by atoms with Gasteiger partial charge in [0.2, 0.25) is 5.91 Å². The molecule has 5 nitrogen and oxygen atoms in total. The Morgan fingerprint density at radius 1 is 1.12 bits per heavy atom. The van der Waals surface area contributed by atoms with Crippen molar-refractivity contribution in [3.05, 3.63) is 65.2 Å². The van der Waals surface area contributed by atoms with Crippen molar-refractivity contribution in [3.8, 4) is 5.75 Å². The van der Waals surface area contributed by atoms with Gasteiger partial charge in [-0.1, -0.05) is 30.3 Å². The molecule has 0 radical (unpaired) electrons. The van der Waals surface area contributed by atoms with Crippen LogP contribution in [-0.4, -0.2) is 23.6 Å². The van der Waals surface area contributed by atoms with Gasteiger partial charge in [-0.15, -0.1) is 0 Å². The van der Waals surface area contributed by atoms with Crippen LogP contribution in [0, 0.1) is 0 Å². The summed E-state index contributed by atoms with van der Waals surface area (Å²) in [5.74, 6) is -1.21. The predicted octanol–water partition coefficient (Wildman–Crippen LogP) is 3.80. The van der Waals surface area contributed by atoms with Crippen molar-refractivity contribution in [2.45, 2.75) is 32.4 Å². The zero-order valence-corrected chi connectivity index (χ0v) is 14.1. The minimum absolute atomic E-state index is 0.0487. The van der Waals surface area contributed by atoms with E-state index in [4.69, 9.17) is 5.11 Å². The summed E-state index contributed by atoms with van der Waals surface area (Å²) in [6.07, 6.45) is 0.448. The Morgan fingerprint density at radius 2 is 1.77 bits per heavy atom. The summed E-state index contributed by atoms with van der Waals surface area (Å²) >= 11 is 0. The average molecular weight is 363 g/mol. The summed E-state index contributed by atoms with van der Waals surface area (Å²) in [5, 5.41) is 11.9. The van der Waals surface area contributed by atoms with E-state index in [9.17, 15) is 18.4 Å². The largest absolute Gasteiger partial charge is 0.478 e. The molecule has 0 aliphatic heterocycles. The summed E-state index contributed by atoms with van der Waals surface area (Å²) in [6, 6.07) is 12.2. The number of hydrogen-bond donors (Lipinski definition) is 2. The topological polar surface area (TPSA) is 75.6 Å². The van der Waals surface area contributed by atoms with Gasteiger partial charge in [0.05, 0.1) is 11.6 Å². The van der Waals surface area contributed by atoms with Crippen LogP contribution in [0.5, 0.6) is 5.75 Å². The first-order valence-electron chi connectivity index (χ1n) is 8.02. The first-order chi connectivity index (χ1) is 12.4. The van der Waals surface area contributed by atoms with Crippen molar-refractivity contribution in [1.29, 1.82) is 0 Å². The molecule has 0 aromatic heterocycles. The number of amides is 1. The minimum atomic E-state index is -2.88. The zero-order valence-electron chi connectivity index (χ0n) is 14.1. The smallest absolute Gasteiger partial charge is 0.387 e. The number of halogens is 2. The highest BCUT2D eigenvalue weighted by molar-refractivity contribution is 5.89. The van der Waals surface area contributed by atoms with E-state index in [-0.39, 0.29) is 29.7 Å². The highest BCUT2D eigenvalue weighted by Crippen LogP contribution is 2.19. The Kier molecular flexibility index (Phi) is 6.66. The molecule has 0 fully saturated rings.